The topological polar surface area (TPSA) is 35.0 Å². The second-order valence-electron chi connectivity index (χ2n) is 9.24. The highest BCUT2D eigenvalue weighted by molar-refractivity contribution is 7.22. The van der Waals surface area contributed by atoms with Gasteiger partial charge in [-0.1, -0.05) is 42.5 Å². The van der Waals surface area contributed by atoms with Crippen LogP contribution in [0.4, 0.5) is 39.5 Å². The van der Waals surface area contributed by atoms with Crippen LogP contribution < -0.4 is 4.74 Å². The third kappa shape index (κ3) is 4.97. The second-order valence-corrected chi connectivity index (χ2v) is 10.3. The molecule has 0 aliphatic carbocycles. The summed E-state index contributed by atoms with van der Waals surface area (Å²) in [6, 6.07) is 18.3. The molecule has 13 heteroatoms. The minimum atomic E-state index is -5.64. The molecule has 0 saturated carbocycles. The Balaban J connectivity index is 1.62. The summed E-state index contributed by atoms with van der Waals surface area (Å²) in [6.07, 6.45) is -16.8. The van der Waals surface area contributed by atoms with E-state index in [1.54, 1.807) is 30.3 Å². The van der Waals surface area contributed by atoms with Crippen LogP contribution in [0.1, 0.15) is 16.7 Å². The van der Waals surface area contributed by atoms with Gasteiger partial charge in [0.05, 0.1) is 21.6 Å². The van der Waals surface area contributed by atoms with Gasteiger partial charge in [0.25, 0.3) is 0 Å². The third-order valence-electron chi connectivity index (χ3n) is 6.50. The van der Waals surface area contributed by atoms with E-state index >= 15 is 0 Å². The first-order valence-corrected chi connectivity index (χ1v) is 12.8. The van der Waals surface area contributed by atoms with Gasteiger partial charge in [-0.05, 0) is 52.6 Å². The lowest BCUT2D eigenvalue weighted by molar-refractivity contribution is -0.149. The van der Waals surface area contributed by atoms with Gasteiger partial charge in [0.1, 0.15) is 5.69 Å². The van der Waals surface area contributed by atoms with Crippen molar-refractivity contribution in [3.05, 3.63) is 95.6 Å². The summed E-state index contributed by atoms with van der Waals surface area (Å²) in [5.41, 5.74) is -6.34. The molecule has 0 fully saturated rings. The molecular weight excluding hydrogens is 595 g/mol. The largest absolute Gasteiger partial charge is 0.436 e. The maximum absolute atomic E-state index is 13.9. The summed E-state index contributed by atoms with van der Waals surface area (Å²) in [5.74, 6) is -2.60. The first-order chi connectivity index (χ1) is 19.7. The van der Waals surface area contributed by atoms with E-state index in [1.807, 2.05) is 30.3 Å². The molecule has 0 radical (unpaired) electrons. The van der Waals surface area contributed by atoms with Crippen LogP contribution in [0.5, 0.6) is 11.6 Å². The molecule has 0 aliphatic rings. The molecule has 2 heterocycles. The fraction of sp³-hybridized carbons (Fsp3) is 0.103. The van der Waals surface area contributed by atoms with Gasteiger partial charge in [-0.3, -0.25) is 0 Å². The molecule has 6 aromatic rings. The van der Waals surface area contributed by atoms with Crippen molar-refractivity contribution in [3.8, 4) is 22.2 Å². The SMILES string of the molecule is FC(F)(F)c1cc(C(F)(F)F)c(Oc2nnc(-c3cc4ccccc4s3)c3cc4ccccc4cc23)c(C(F)(F)F)c1. The molecule has 4 aromatic carbocycles. The highest BCUT2D eigenvalue weighted by Crippen LogP contribution is 2.49. The van der Waals surface area contributed by atoms with Gasteiger partial charge >= 0.3 is 18.5 Å². The maximum Gasteiger partial charge on any atom is 0.420 e. The Labute approximate surface area is 233 Å². The molecule has 0 saturated heterocycles. The molecule has 214 valence electrons. The van der Waals surface area contributed by atoms with Crippen LogP contribution in [0.2, 0.25) is 0 Å². The average molecular weight is 608 g/mol. The molecular formula is C29H13F9N2OS. The second kappa shape index (κ2) is 9.58. The number of ether oxygens (including phenoxy) is 1. The number of alkyl halides is 9. The maximum atomic E-state index is 13.9. The molecule has 0 N–H and O–H groups in total. The summed E-state index contributed by atoms with van der Waals surface area (Å²) in [6.45, 7) is 0. The van der Waals surface area contributed by atoms with E-state index in [2.05, 4.69) is 10.2 Å². The molecule has 42 heavy (non-hydrogen) atoms. The fourth-order valence-corrected chi connectivity index (χ4v) is 5.65. The van der Waals surface area contributed by atoms with Crippen LogP contribution in [0, 0.1) is 0 Å². The lowest BCUT2D eigenvalue weighted by atomic mass is 10.0. The van der Waals surface area contributed by atoms with Gasteiger partial charge in [-0.15, -0.1) is 21.5 Å². The molecule has 0 unspecified atom stereocenters. The van der Waals surface area contributed by atoms with E-state index in [0.29, 0.717) is 26.7 Å². The summed E-state index contributed by atoms with van der Waals surface area (Å²) >= 11 is 1.35. The average Bonchev–Trinajstić information content (AvgIpc) is 3.34. The summed E-state index contributed by atoms with van der Waals surface area (Å²) < 4.78 is 130. The predicted octanol–water partition coefficient (Wildman–Crippen LogP) is 10.5. The van der Waals surface area contributed by atoms with Gasteiger partial charge in [-0.2, -0.15) is 39.5 Å². The first kappa shape index (κ1) is 27.8. The van der Waals surface area contributed by atoms with Crippen molar-refractivity contribution in [2.45, 2.75) is 18.5 Å². The van der Waals surface area contributed by atoms with Crippen LogP contribution in [0.3, 0.4) is 0 Å². The molecule has 0 atom stereocenters. The van der Waals surface area contributed by atoms with E-state index in [9.17, 15) is 39.5 Å². The fourth-order valence-electron chi connectivity index (χ4n) is 4.59. The van der Waals surface area contributed by atoms with Crippen molar-refractivity contribution in [2.75, 3.05) is 0 Å². The Hall–Kier alpha value is -4.39. The Kier molecular flexibility index (Phi) is 6.33. The molecule has 0 spiro atoms. The molecule has 0 amide bonds. The number of aromatic nitrogens is 2. The van der Waals surface area contributed by atoms with Gasteiger partial charge < -0.3 is 4.74 Å². The predicted molar refractivity (Wildman–Crippen MR) is 139 cm³/mol. The standard InChI is InChI=1S/C29H13F9N2OS/c30-27(31,32)17-12-20(28(33,34)35)25(21(13-17)29(36,37)38)41-26-19-10-15-6-2-1-5-14(15)9-18(19)24(39-40-26)23-11-16-7-3-4-8-22(16)42-23/h1-13H. The van der Waals surface area contributed by atoms with E-state index < -0.39 is 59.0 Å². The van der Waals surface area contributed by atoms with Crippen molar-refractivity contribution < 1.29 is 44.3 Å². The van der Waals surface area contributed by atoms with E-state index in [1.165, 1.54) is 17.4 Å². The minimum absolute atomic E-state index is 0.0114. The number of fused-ring (bicyclic) bond motifs is 3. The Morgan fingerprint density at radius 2 is 1.12 bits per heavy atom. The van der Waals surface area contributed by atoms with Gasteiger partial charge in [0, 0.05) is 15.5 Å². The Morgan fingerprint density at radius 3 is 1.67 bits per heavy atom. The number of rotatable bonds is 3. The number of hydrogen-bond acceptors (Lipinski definition) is 4. The van der Waals surface area contributed by atoms with Crippen molar-refractivity contribution in [2.24, 2.45) is 0 Å². The smallest absolute Gasteiger partial charge is 0.420 e. The van der Waals surface area contributed by atoms with Crippen molar-refractivity contribution in [3.63, 3.8) is 0 Å². The number of nitrogens with zero attached hydrogens (tertiary/aromatic N) is 2. The van der Waals surface area contributed by atoms with Crippen LogP contribution >= 0.6 is 11.3 Å². The number of hydrogen-bond donors (Lipinski definition) is 0. The highest BCUT2D eigenvalue weighted by atomic mass is 32.1. The first-order valence-electron chi connectivity index (χ1n) is 12.0. The zero-order valence-electron chi connectivity index (χ0n) is 20.6. The third-order valence-corrected chi connectivity index (χ3v) is 7.62. The van der Waals surface area contributed by atoms with Gasteiger partial charge in [0.15, 0.2) is 5.75 Å². The normalized spacial score (nSPS) is 12.9. The minimum Gasteiger partial charge on any atom is -0.436 e. The number of thiophene rings is 1. The Morgan fingerprint density at radius 1 is 0.571 bits per heavy atom. The zero-order valence-corrected chi connectivity index (χ0v) is 21.4. The molecule has 0 bridgehead atoms. The summed E-state index contributed by atoms with van der Waals surface area (Å²) in [4.78, 5) is 0.622. The van der Waals surface area contributed by atoms with E-state index in [-0.39, 0.29) is 5.39 Å². The van der Waals surface area contributed by atoms with E-state index in [4.69, 9.17) is 4.74 Å². The van der Waals surface area contributed by atoms with Gasteiger partial charge in [-0.25, -0.2) is 0 Å². The van der Waals surface area contributed by atoms with Crippen molar-refractivity contribution >= 4 is 43.0 Å². The van der Waals surface area contributed by atoms with Crippen LogP contribution in [-0.4, -0.2) is 10.2 Å². The van der Waals surface area contributed by atoms with Crippen molar-refractivity contribution in [1.29, 1.82) is 0 Å². The Bertz CT molecular complexity index is 1920. The van der Waals surface area contributed by atoms with Crippen LogP contribution in [0.25, 0.3) is 42.2 Å². The number of benzene rings is 4. The molecule has 6 rings (SSSR count). The lowest BCUT2D eigenvalue weighted by Gasteiger charge is -2.21. The molecule has 0 aliphatic heterocycles. The van der Waals surface area contributed by atoms with Gasteiger partial charge in [0.2, 0.25) is 5.88 Å². The monoisotopic (exact) mass is 608 g/mol. The lowest BCUT2D eigenvalue weighted by Crippen LogP contribution is -2.18. The highest BCUT2D eigenvalue weighted by Gasteiger charge is 2.46. The van der Waals surface area contributed by atoms with Crippen LogP contribution in [0.15, 0.2) is 78.9 Å². The van der Waals surface area contributed by atoms with E-state index in [0.717, 1.165) is 10.1 Å². The van der Waals surface area contributed by atoms with Crippen LogP contribution in [-0.2, 0) is 18.5 Å². The quantitative estimate of drug-likeness (QED) is 0.148. The number of halogens is 9. The summed E-state index contributed by atoms with van der Waals surface area (Å²) in [5, 5.41) is 10.4. The molecule has 3 nitrogen and oxygen atoms in total. The zero-order chi connectivity index (χ0) is 30.0. The van der Waals surface area contributed by atoms with Crippen molar-refractivity contribution in [1.82, 2.24) is 10.2 Å². The summed E-state index contributed by atoms with van der Waals surface area (Å²) in [7, 11) is 0. The molecule has 2 aromatic heterocycles.